The third-order valence-electron chi connectivity index (χ3n) is 4.75. The highest BCUT2D eigenvalue weighted by atomic mass is 16.3. The number of hydrogen-bond acceptors (Lipinski definition) is 5. The first-order valence-electron chi connectivity index (χ1n) is 8.78. The van der Waals surface area contributed by atoms with Crippen molar-refractivity contribution in [3.8, 4) is 0 Å². The molecule has 2 heterocycles. The highest BCUT2D eigenvalue weighted by Gasteiger charge is 2.27. The lowest BCUT2D eigenvalue weighted by molar-refractivity contribution is 0.0557. The van der Waals surface area contributed by atoms with Crippen molar-refractivity contribution in [3.05, 3.63) is 30.1 Å². The first-order valence-corrected chi connectivity index (χ1v) is 8.78. The molecular weight excluding hydrogens is 316 g/mol. The summed E-state index contributed by atoms with van der Waals surface area (Å²) in [5, 5.41) is 20.5. The molecule has 0 fully saturated rings. The van der Waals surface area contributed by atoms with E-state index in [1.807, 2.05) is 31.2 Å². The van der Waals surface area contributed by atoms with Gasteiger partial charge in [-0.3, -0.25) is 0 Å². The average Bonchev–Trinajstić information content (AvgIpc) is 2.99. The minimum Gasteiger partial charge on any atom is -0.396 e. The van der Waals surface area contributed by atoms with E-state index < -0.39 is 5.41 Å². The van der Waals surface area contributed by atoms with Gasteiger partial charge < -0.3 is 20.5 Å². The molecule has 3 rings (SSSR count). The van der Waals surface area contributed by atoms with Gasteiger partial charge in [-0.25, -0.2) is 9.97 Å². The van der Waals surface area contributed by atoms with Crippen LogP contribution in [-0.4, -0.2) is 38.0 Å². The second kappa shape index (κ2) is 6.98. The van der Waals surface area contributed by atoms with E-state index in [1.54, 1.807) is 0 Å². The summed E-state index contributed by atoms with van der Waals surface area (Å²) < 4.78 is 2.11. The van der Waals surface area contributed by atoms with Gasteiger partial charge in [-0.1, -0.05) is 38.5 Å². The summed E-state index contributed by atoms with van der Waals surface area (Å²) in [6.07, 6.45) is 2.91. The summed E-state index contributed by atoms with van der Waals surface area (Å²) in [7, 11) is 0. The lowest BCUT2D eigenvalue weighted by Crippen LogP contribution is -2.32. The minimum atomic E-state index is -0.631. The largest absolute Gasteiger partial charge is 0.396 e. The Morgan fingerprint density at radius 2 is 1.88 bits per heavy atom. The van der Waals surface area contributed by atoms with Crippen LogP contribution in [0, 0.1) is 5.41 Å². The topological polar surface area (TPSA) is 97.2 Å². The van der Waals surface area contributed by atoms with Crippen LogP contribution in [0.3, 0.4) is 0 Å². The number of aliphatic hydroxyl groups is 2. The van der Waals surface area contributed by atoms with E-state index in [2.05, 4.69) is 16.5 Å². The number of hydrogen-bond donors (Lipinski definition) is 3. The van der Waals surface area contributed by atoms with E-state index in [-0.39, 0.29) is 13.2 Å². The molecule has 0 aliphatic rings. The molecule has 0 bridgehead atoms. The van der Waals surface area contributed by atoms with E-state index in [0.717, 1.165) is 41.5 Å². The number of rotatable bonds is 7. The molecule has 134 valence electrons. The molecule has 0 aliphatic carbocycles. The molecule has 2 aromatic heterocycles. The quantitative estimate of drug-likeness (QED) is 0.613. The van der Waals surface area contributed by atoms with E-state index in [0.29, 0.717) is 17.9 Å². The third-order valence-corrected chi connectivity index (χ3v) is 4.75. The smallest absolute Gasteiger partial charge is 0.152 e. The van der Waals surface area contributed by atoms with Crippen LogP contribution in [0.2, 0.25) is 0 Å². The fraction of sp³-hybridized carbons (Fsp3) is 0.474. The lowest BCUT2D eigenvalue weighted by atomic mass is 9.92. The van der Waals surface area contributed by atoms with Crippen LogP contribution in [0.4, 0.5) is 5.82 Å². The van der Waals surface area contributed by atoms with Crippen molar-refractivity contribution in [1.82, 2.24) is 14.5 Å². The molecule has 25 heavy (non-hydrogen) atoms. The third kappa shape index (κ3) is 3.19. The van der Waals surface area contributed by atoms with E-state index in [1.165, 1.54) is 0 Å². The van der Waals surface area contributed by atoms with Crippen LogP contribution >= 0.6 is 0 Å². The summed E-state index contributed by atoms with van der Waals surface area (Å²) in [4.78, 5) is 9.24. The Labute approximate surface area is 147 Å². The van der Waals surface area contributed by atoms with Gasteiger partial charge >= 0.3 is 0 Å². The Bertz CT molecular complexity index is 884. The fourth-order valence-electron chi connectivity index (χ4n) is 3.13. The summed E-state index contributed by atoms with van der Waals surface area (Å²) in [5.74, 6) is 1.34. The zero-order valence-electron chi connectivity index (χ0n) is 14.9. The lowest BCUT2D eigenvalue weighted by Gasteiger charge is -2.26. The average molecular weight is 342 g/mol. The van der Waals surface area contributed by atoms with Gasteiger partial charge in [0.15, 0.2) is 5.82 Å². The second-order valence-electron chi connectivity index (χ2n) is 7.06. The first kappa shape index (κ1) is 17.6. The van der Waals surface area contributed by atoms with E-state index in [4.69, 9.17) is 10.7 Å². The van der Waals surface area contributed by atoms with Gasteiger partial charge in [0, 0.05) is 23.8 Å². The predicted molar refractivity (Wildman–Crippen MR) is 100 cm³/mol. The minimum absolute atomic E-state index is 0.102. The van der Waals surface area contributed by atoms with Gasteiger partial charge in [0.05, 0.1) is 24.2 Å². The summed E-state index contributed by atoms with van der Waals surface area (Å²) in [6.45, 7) is 4.28. The number of para-hydroxylation sites is 1. The highest BCUT2D eigenvalue weighted by Crippen LogP contribution is 2.31. The number of aromatic nitrogens is 3. The zero-order valence-corrected chi connectivity index (χ0v) is 14.9. The van der Waals surface area contributed by atoms with Crippen molar-refractivity contribution in [1.29, 1.82) is 0 Å². The van der Waals surface area contributed by atoms with Gasteiger partial charge in [-0.15, -0.1) is 0 Å². The molecule has 0 unspecified atom stereocenters. The van der Waals surface area contributed by atoms with Crippen molar-refractivity contribution in [2.45, 2.75) is 39.7 Å². The Morgan fingerprint density at radius 1 is 1.16 bits per heavy atom. The summed E-state index contributed by atoms with van der Waals surface area (Å²) in [5.41, 5.74) is 8.00. The van der Waals surface area contributed by atoms with Crippen LogP contribution in [0.25, 0.3) is 21.9 Å². The molecular formula is C19H26N4O2. The monoisotopic (exact) mass is 342 g/mol. The Balaban J connectivity index is 2.29. The molecule has 0 aliphatic heterocycles. The second-order valence-corrected chi connectivity index (χ2v) is 7.06. The molecule has 0 spiro atoms. The standard InChI is InChI=1S/C19H26N4O2/c1-3-4-9-15-22-16-17(23(15)10-19(2,11-24)12-25)13-7-5-6-8-14(13)21-18(16)20/h5-8,24-25H,3-4,9-12H2,1-2H3,(H2,20,21). The first-order chi connectivity index (χ1) is 12.0. The number of nitrogen functional groups attached to an aromatic ring is 1. The number of unbranched alkanes of at least 4 members (excludes halogenated alkanes) is 1. The molecule has 0 saturated carbocycles. The molecule has 4 N–H and O–H groups in total. The van der Waals surface area contributed by atoms with Crippen LogP contribution in [0.5, 0.6) is 0 Å². The number of anilines is 1. The molecule has 6 heteroatoms. The Morgan fingerprint density at radius 3 is 2.56 bits per heavy atom. The Hall–Kier alpha value is -2.18. The van der Waals surface area contributed by atoms with Gasteiger partial charge in [0.25, 0.3) is 0 Å². The van der Waals surface area contributed by atoms with E-state index in [9.17, 15) is 10.2 Å². The maximum atomic E-state index is 9.76. The SMILES string of the molecule is CCCCc1nc2c(N)nc3ccccc3c2n1CC(C)(CO)CO. The maximum absolute atomic E-state index is 9.76. The van der Waals surface area contributed by atoms with Crippen molar-refractivity contribution in [2.75, 3.05) is 18.9 Å². The molecule has 6 nitrogen and oxygen atoms in total. The van der Waals surface area contributed by atoms with Crippen LogP contribution in [-0.2, 0) is 13.0 Å². The molecule has 3 aromatic rings. The molecule has 0 atom stereocenters. The molecule has 1 aromatic carbocycles. The number of nitrogens with two attached hydrogens (primary N) is 1. The zero-order chi connectivity index (χ0) is 18.0. The van der Waals surface area contributed by atoms with Crippen LogP contribution < -0.4 is 5.73 Å². The van der Waals surface area contributed by atoms with Crippen molar-refractivity contribution >= 4 is 27.8 Å². The fourth-order valence-corrected chi connectivity index (χ4v) is 3.13. The predicted octanol–water partition coefficient (Wildman–Crippen LogP) is 2.50. The number of imidazole rings is 1. The number of aliphatic hydroxyl groups excluding tert-OH is 2. The van der Waals surface area contributed by atoms with Gasteiger partial charge in [0.2, 0.25) is 0 Å². The maximum Gasteiger partial charge on any atom is 0.152 e. The highest BCUT2D eigenvalue weighted by molar-refractivity contribution is 6.06. The number of fused-ring (bicyclic) bond motifs is 3. The van der Waals surface area contributed by atoms with Crippen molar-refractivity contribution in [2.24, 2.45) is 5.41 Å². The molecule has 0 amide bonds. The number of nitrogens with zero attached hydrogens (tertiary/aromatic N) is 3. The van der Waals surface area contributed by atoms with Crippen molar-refractivity contribution in [3.63, 3.8) is 0 Å². The van der Waals surface area contributed by atoms with Crippen molar-refractivity contribution < 1.29 is 10.2 Å². The van der Waals surface area contributed by atoms with E-state index >= 15 is 0 Å². The number of aryl methyl sites for hydroxylation is 1. The number of benzene rings is 1. The van der Waals surface area contributed by atoms with Gasteiger partial charge in [-0.2, -0.15) is 0 Å². The number of pyridine rings is 1. The van der Waals surface area contributed by atoms with Gasteiger partial charge in [-0.05, 0) is 12.5 Å². The summed E-state index contributed by atoms with van der Waals surface area (Å²) >= 11 is 0. The molecule has 0 saturated heterocycles. The summed E-state index contributed by atoms with van der Waals surface area (Å²) in [6, 6.07) is 7.86. The Kier molecular flexibility index (Phi) is 4.92. The van der Waals surface area contributed by atoms with Crippen LogP contribution in [0.1, 0.15) is 32.5 Å². The van der Waals surface area contributed by atoms with Gasteiger partial charge in [0.1, 0.15) is 11.3 Å². The van der Waals surface area contributed by atoms with Crippen LogP contribution in [0.15, 0.2) is 24.3 Å². The molecule has 0 radical (unpaired) electrons. The normalized spacial score (nSPS) is 12.3.